The lowest BCUT2D eigenvalue weighted by Gasteiger charge is -2.41. The molecule has 0 aromatic carbocycles. The summed E-state index contributed by atoms with van der Waals surface area (Å²) in [5.41, 5.74) is 0.845. The van der Waals surface area contributed by atoms with Crippen molar-refractivity contribution in [1.82, 2.24) is 19.8 Å². The third-order valence-electron chi connectivity index (χ3n) is 6.42. The molecule has 2 heterocycles. The molecule has 3 rings (SSSR count). The summed E-state index contributed by atoms with van der Waals surface area (Å²) in [6, 6.07) is -0.0776. The maximum atomic E-state index is 13.5. The van der Waals surface area contributed by atoms with Crippen LogP contribution in [0.2, 0.25) is 0 Å². The first-order valence-corrected chi connectivity index (χ1v) is 12.0. The van der Waals surface area contributed by atoms with Gasteiger partial charge in [-0.3, -0.25) is 9.59 Å². The summed E-state index contributed by atoms with van der Waals surface area (Å²) in [6.45, 7) is 9.01. The molecule has 1 aliphatic heterocycles. The van der Waals surface area contributed by atoms with Gasteiger partial charge in [-0.15, -0.1) is 0 Å². The Labute approximate surface area is 190 Å². The third-order valence-corrected chi connectivity index (χ3v) is 6.42. The summed E-state index contributed by atoms with van der Waals surface area (Å²) < 4.78 is 5.23. The van der Waals surface area contributed by atoms with Gasteiger partial charge in [-0.25, -0.2) is 14.8 Å². The van der Waals surface area contributed by atoms with E-state index in [4.69, 9.17) is 4.74 Å². The number of carbonyl (C=O) groups is 3. The average molecular weight is 445 g/mol. The number of esters is 1. The van der Waals surface area contributed by atoms with Gasteiger partial charge in [-0.1, -0.05) is 32.6 Å². The van der Waals surface area contributed by atoms with Gasteiger partial charge in [0.2, 0.25) is 5.91 Å². The van der Waals surface area contributed by atoms with Crippen LogP contribution in [0, 0.1) is 12.8 Å². The number of rotatable bonds is 6. The molecule has 1 saturated carbocycles. The monoisotopic (exact) mass is 444 g/mol. The first kappa shape index (κ1) is 24.1. The van der Waals surface area contributed by atoms with Crippen LogP contribution in [-0.4, -0.2) is 69.8 Å². The predicted molar refractivity (Wildman–Crippen MR) is 120 cm³/mol. The Morgan fingerprint density at radius 1 is 1.06 bits per heavy atom. The molecule has 8 nitrogen and oxygen atoms in total. The molecule has 32 heavy (non-hydrogen) atoms. The van der Waals surface area contributed by atoms with E-state index in [2.05, 4.69) is 9.97 Å². The third kappa shape index (κ3) is 5.27. The number of hydrogen-bond donors (Lipinski definition) is 0. The van der Waals surface area contributed by atoms with E-state index < -0.39 is 5.97 Å². The molecule has 1 saturated heterocycles. The van der Waals surface area contributed by atoms with Crippen LogP contribution in [0.3, 0.4) is 0 Å². The molecule has 176 valence electrons. The Morgan fingerprint density at radius 3 is 2.41 bits per heavy atom. The molecule has 2 aliphatic rings. The molecule has 0 N–H and O–H groups in total. The summed E-state index contributed by atoms with van der Waals surface area (Å²) >= 11 is 0. The summed E-state index contributed by atoms with van der Waals surface area (Å²) in [4.78, 5) is 51.6. The summed E-state index contributed by atoms with van der Waals surface area (Å²) in [5.74, 6) is -0.0559. The van der Waals surface area contributed by atoms with Gasteiger partial charge in [-0.2, -0.15) is 0 Å². The minimum atomic E-state index is -0.557. The number of ether oxygens (including phenoxy) is 1. The highest BCUT2D eigenvalue weighted by Gasteiger charge is 2.36. The van der Waals surface area contributed by atoms with Crippen molar-refractivity contribution in [2.45, 2.75) is 78.7 Å². The first-order chi connectivity index (χ1) is 15.4. The van der Waals surface area contributed by atoms with Gasteiger partial charge in [-0.05, 0) is 40.0 Å². The molecule has 1 aliphatic carbocycles. The molecule has 8 heteroatoms. The zero-order chi connectivity index (χ0) is 23.3. The summed E-state index contributed by atoms with van der Waals surface area (Å²) in [7, 11) is 0. The fourth-order valence-corrected chi connectivity index (χ4v) is 4.82. The fourth-order valence-electron chi connectivity index (χ4n) is 4.82. The molecule has 2 fully saturated rings. The highest BCUT2D eigenvalue weighted by molar-refractivity contribution is 6.04. The zero-order valence-electron chi connectivity index (χ0n) is 19.9. The van der Waals surface area contributed by atoms with E-state index in [0.717, 1.165) is 32.1 Å². The van der Waals surface area contributed by atoms with Crippen molar-refractivity contribution in [2.75, 3.05) is 26.2 Å². The SMILES string of the molecule is CCCc1nc(C)nc(C(=O)N2CCN(C(=O)C3CCCCC3)C(C)C2)c1C(=O)OCC. The first-order valence-electron chi connectivity index (χ1n) is 12.0. The predicted octanol–water partition coefficient (Wildman–Crippen LogP) is 3.17. The van der Waals surface area contributed by atoms with Crippen LogP contribution in [0.5, 0.6) is 0 Å². The average Bonchev–Trinajstić information content (AvgIpc) is 2.78. The van der Waals surface area contributed by atoms with E-state index in [1.54, 1.807) is 18.7 Å². The lowest BCUT2D eigenvalue weighted by atomic mass is 9.87. The van der Waals surface area contributed by atoms with Gasteiger partial charge in [0.1, 0.15) is 17.1 Å². The van der Waals surface area contributed by atoms with Crippen molar-refractivity contribution in [1.29, 1.82) is 0 Å². The molecule has 1 unspecified atom stereocenters. The highest BCUT2D eigenvalue weighted by atomic mass is 16.5. The normalized spacial score (nSPS) is 19.7. The number of nitrogens with zero attached hydrogens (tertiary/aromatic N) is 4. The fraction of sp³-hybridized carbons (Fsp3) is 0.708. The second-order valence-electron chi connectivity index (χ2n) is 8.88. The van der Waals surface area contributed by atoms with Crippen LogP contribution in [0.25, 0.3) is 0 Å². The Morgan fingerprint density at radius 2 is 1.78 bits per heavy atom. The van der Waals surface area contributed by atoms with Crippen molar-refractivity contribution in [2.24, 2.45) is 5.92 Å². The molecular formula is C24H36N4O4. The molecule has 2 amide bonds. The Hall–Kier alpha value is -2.51. The number of piperazine rings is 1. The van der Waals surface area contributed by atoms with Crippen LogP contribution in [0.15, 0.2) is 0 Å². The van der Waals surface area contributed by atoms with Crippen LogP contribution < -0.4 is 0 Å². The quantitative estimate of drug-likeness (QED) is 0.626. The van der Waals surface area contributed by atoms with Crippen LogP contribution in [0.4, 0.5) is 0 Å². The molecule has 1 atom stereocenters. The number of hydrogen-bond acceptors (Lipinski definition) is 6. The van der Waals surface area contributed by atoms with Crippen molar-refractivity contribution in [3.8, 4) is 0 Å². The number of amides is 2. The topological polar surface area (TPSA) is 92.7 Å². The van der Waals surface area contributed by atoms with Crippen LogP contribution in [-0.2, 0) is 16.0 Å². The number of aryl methyl sites for hydroxylation is 2. The molecule has 0 spiro atoms. The lowest BCUT2D eigenvalue weighted by molar-refractivity contribution is -0.140. The molecule has 1 aromatic heterocycles. The van der Waals surface area contributed by atoms with E-state index in [1.807, 2.05) is 18.7 Å². The van der Waals surface area contributed by atoms with Crippen molar-refractivity contribution < 1.29 is 19.1 Å². The Kier molecular flexibility index (Phi) is 8.21. The lowest BCUT2D eigenvalue weighted by Crippen LogP contribution is -2.57. The van der Waals surface area contributed by atoms with E-state index >= 15 is 0 Å². The zero-order valence-corrected chi connectivity index (χ0v) is 19.9. The van der Waals surface area contributed by atoms with Gasteiger partial charge < -0.3 is 14.5 Å². The van der Waals surface area contributed by atoms with Crippen molar-refractivity contribution in [3.63, 3.8) is 0 Å². The summed E-state index contributed by atoms with van der Waals surface area (Å²) in [6.07, 6.45) is 6.73. The van der Waals surface area contributed by atoms with Crippen molar-refractivity contribution in [3.05, 3.63) is 22.8 Å². The van der Waals surface area contributed by atoms with Gasteiger partial charge in [0.05, 0.1) is 12.3 Å². The minimum absolute atomic E-state index is 0.0776. The van der Waals surface area contributed by atoms with Gasteiger partial charge in [0, 0.05) is 31.6 Å². The molecular weight excluding hydrogens is 408 g/mol. The van der Waals surface area contributed by atoms with Gasteiger partial charge in [0.15, 0.2) is 0 Å². The highest BCUT2D eigenvalue weighted by Crippen LogP contribution is 2.27. The minimum Gasteiger partial charge on any atom is -0.462 e. The Bertz CT molecular complexity index is 851. The van der Waals surface area contributed by atoms with Crippen LogP contribution in [0.1, 0.15) is 91.7 Å². The van der Waals surface area contributed by atoms with Crippen molar-refractivity contribution >= 4 is 17.8 Å². The van der Waals surface area contributed by atoms with Gasteiger partial charge >= 0.3 is 5.97 Å². The van der Waals surface area contributed by atoms with E-state index in [0.29, 0.717) is 37.6 Å². The molecule has 0 bridgehead atoms. The van der Waals surface area contributed by atoms with Crippen LogP contribution >= 0.6 is 0 Å². The second kappa shape index (κ2) is 10.9. The number of carbonyl (C=O) groups excluding carboxylic acids is 3. The second-order valence-corrected chi connectivity index (χ2v) is 8.88. The Balaban J connectivity index is 1.80. The molecule has 0 radical (unpaired) electrons. The largest absolute Gasteiger partial charge is 0.462 e. The summed E-state index contributed by atoms with van der Waals surface area (Å²) in [5, 5.41) is 0. The van der Waals surface area contributed by atoms with E-state index in [1.165, 1.54) is 6.42 Å². The number of aromatic nitrogens is 2. The maximum absolute atomic E-state index is 13.5. The molecule has 1 aromatic rings. The van der Waals surface area contributed by atoms with Gasteiger partial charge in [0.25, 0.3) is 5.91 Å². The van der Waals surface area contributed by atoms with E-state index in [9.17, 15) is 14.4 Å². The smallest absolute Gasteiger partial charge is 0.342 e. The maximum Gasteiger partial charge on any atom is 0.342 e. The standard InChI is InChI=1S/C24H36N4O4/c1-5-10-19-20(24(31)32-6-2)21(26-17(4)25-19)23(30)27-13-14-28(16(3)15-27)22(29)18-11-8-7-9-12-18/h16,18H,5-15H2,1-4H3. The van der Waals surface area contributed by atoms with E-state index in [-0.39, 0.29) is 41.6 Å².